The highest BCUT2D eigenvalue weighted by Crippen LogP contribution is 2.27. The van der Waals surface area contributed by atoms with Crippen molar-refractivity contribution in [2.75, 3.05) is 0 Å². The van der Waals surface area contributed by atoms with Gasteiger partial charge in [-0.15, -0.1) is 0 Å². The Morgan fingerprint density at radius 2 is 2.06 bits per heavy atom. The molecule has 8 heteroatoms. The number of rotatable bonds is 2. The molecule has 2 rings (SSSR count). The molecule has 2 aromatic rings. The Morgan fingerprint density at radius 1 is 1.39 bits per heavy atom. The standard InChI is InChI=1S/C10H8Br2N4O2/c1-5-9(12)6(2)15(14-5)10-8(11)3-7(4-13-10)16(17)18/h3-4H,1-2H3. The summed E-state index contributed by atoms with van der Waals surface area (Å²) in [5.41, 5.74) is 1.65. The summed E-state index contributed by atoms with van der Waals surface area (Å²) in [7, 11) is 0. The lowest BCUT2D eigenvalue weighted by Gasteiger charge is -2.05. The summed E-state index contributed by atoms with van der Waals surface area (Å²) in [5, 5.41) is 15.0. The van der Waals surface area contributed by atoms with Crippen molar-refractivity contribution < 1.29 is 4.92 Å². The Morgan fingerprint density at radius 3 is 2.50 bits per heavy atom. The SMILES string of the molecule is Cc1nn(-c2ncc([N+](=O)[O-])cc2Br)c(C)c1Br. The van der Waals surface area contributed by atoms with Gasteiger partial charge in [0, 0.05) is 6.07 Å². The fraction of sp³-hybridized carbons (Fsp3) is 0.200. The second-order valence-electron chi connectivity index (χ2n) is 3.65. The van der Waals surface area contributed by atoms with Crippen LogP contribution in [0.1, 0.15) is 11.4 Å². The number of nitrogens with zero attached hydrogens (tertiary/aromatic N) is 4. The van der Waals surface area contributed by atoms with E-state index in [1.165, 1.54) is 12.3 Å². The summed E-state index contributed by atoms with van der Waals surface area (Å²) in [6.45, 7) is 3.76. The molecule has 0 radical (unpaired) electrons. The van der Waals surface area contributed by atoms with E-state index in [4.69, 9.17) is 0 Å². The molecule has 0 N–H and O–H groups in total. The van der Waals surface area contributed by atoms with Crippen molar-refractivity contribution >= 4 is 37.5 Å². The smallest absolute Gasteiger partial charge is 0.258 e. The maximum Gasteiger partial charge on any atom is 0.288 e. The molecule has 18 heavy (non-hydrogen) atoms. The van der Waals surface area contributed by atoms with Crippen molar-refractivity contribution in [1.82, 2.24) is 14.8 Å². The van der Waals surface area contributed by atoms with Crippen molar-refractivity contribution in [2.45, 2.75) is 13.8 Å². The lowest BCUT2D eigenvalue weighted by molar-refractivity contribution is -0.385. The van der Waals surface area contributed by atoms with Crippen LogP contribution in [0.25, 0.3) is 5.82 Å². The van der Waals surface area contributed by atoms with Crippen LogP contribution in [0.3, 0.4) is 0 Å². The molecule has 2 heterocycles. The van der Waals surface area contributed by atoms with Crippen LogP contribution in [-0.2, 0) is 0 Å². The third kappa shape index (κ3) is 2.17. The van der Waals surface area contributed by atoms with Crippen LogP contribution in [0, 0.1) is 24.0 Å². The van der Waals surface area contributed by atoms with E-state index in [1.54, 1.807) is 4.68 Å². The van der Waals surface area contributed by atoms with Crippen LogP contribution >= 0.6 is 31.9 Å². The third-order valence-corrected chi connectivity index (χ3v) is 4.15. The maximum atomic E-state index is 10.6. The van der Waals surface area contributed by atoms with Gasteiger partial charge in [0.05, 0.1) is 25.3 Å². The number of pyridine rings is 1. The Bertz CT molecular complexity index is 639. The number of aromatic nitrogens is 3. The van der Waals surface area contributed by atoms with Crippen LogP contribution in [0.4, 0.5) is 5.69 Å². The van der Waals surface area contributed by atoms with Crippen LogP contribution in [0.5, 0.6) is 0 Å². The Hall–Kier alpha value is -1.28. The van der Waals surface area contributed by atoms with Gasteiger partial charge in [0.15, 0.2) is 5.82 Å². The van der Waals surface area contributed by atoms with E-state index >= 15 is 0 Å². The minimum Gasteiger partial charge on any atom is -0.258 e. The fourth-order valence-electron chi connectivity index (χ4n) is 1.51. The number of aryl methyl sites for hydroxylation is 1. The second kappa shape index (κ2) is 4.77. The zero-order chi connectivity index (χ0) is 13.4. The van der Waals surface area contributed by atoms with Crippen molar-refractivity contribution in [3.63, 3.8) is 0 Å². The largest absolute Gasteiger partial charge is 0.288 e. The molecule has 2 aromatic heterocycles. The maximum absolute atomic E-state index is 10.6. The lowest BCUT2D eigenvalue weighted by atomic mass is 10.4. The van der Waals surface area contributed by atoms with Gasteiger partial charge in [-0.25, -0.2) is 9.67 Å². The zero-order valence-corrected chi connectivity index (χ0v) is 12.7. The fourth-order valence-corrected chi connectivity index (χ4v) is 2.26. The molecule has 0 amide bonds. The molecule has 0 unspecified atom stereocenters. The molecule has 0 saturated heterocycles. The quantitative estimate of drug-likeness (QED) is 0.596. The first-order valence-electron chi connectivity index (χ1n) is 4.94. The van der Waals surface area contributed by atoms with Gasteiger partial charge in [-0.05, 0) is 45.7 Å². The van der Waals surface area contributed by atoms with Gasteiger partial charge in [0.25, 0.3) is 5.69 Å². The molecule has 0 aliphatic carbocycles. The molecule has 94 valence electrons. The molecule has 0 aromatic carbocycles. The molecule has 0 aliphatic rings. The molecule has 0 bridgehead atoms. The first-order valence-corrected chi connectivity index (χ1v) is 6.52. The number of hydrogen-bond donors (Lipinski definition) is 0. The van der Waals surface area contributed by atoms with Gasteiger partial charge in [0.2, 0.25) is 0 Å². The lowest BCUT2D eigenvalue weighted by Crippen LogP contribution is -2.03. The highest BCUT2D eigenvalue weighted by atomic mass is 79.9. The van der Waals surface area contributed by atoms with Crippen molar-refractivity contribution in [3.05, 3.63) is 42.7 Å². The van der Waals surface area contributed by atoms with Crippen molar-refractivity contribution in [3.8, 4) is 5.82 Å². The highest BCUT2D eigenvalue weighted by Gasteiger charge is 2.16. The van der Waals surface area contributed by atoms with Crippen molar-refractivity contribution in [2.24, 2.45) is 0 Å². The van der Waals surface area contributed by atoms with Crippen LogP contribution in [0.15, 0.2) is 21.2 Å². The monoisotopic (exact) mass is 374 g/mol. The van der Waals surface area contributed by atoms with Gasteiger partial charge < -0.3 is 0 Å². The van der Waals surface area contributed by atoms with E-state index in [1.807, 2.05) is 13.8 Å². The van der Waals surface area contributed by atoms with Crippen LogP contribution < -0.4 is 0 Å². The summed E-state index contributed by atoms with van der Waals surface area (Å²) < 4.78 is 3.05. The average molecular weight is 376 g/mol. The molecular weight excluding hydrogens is 368 g/mol. The molecule has 0 spiro atoms. The van der Waals surface area contributed by atoms with Crippen molar-refractivity contribution in [1.29, 1.82) is 0 Å². The van der Waals surface area contributed by atoms with E-state index in [0.717, 1.165) is 15.9 Å². The molecule has 0 atom stereocenters. The second-order valence-corrected chi connectivity index (χ2v) is 5.30. The van der Waals surface area contributed by atoms with E-state index in [9.17, 15) is 10.1 Å². The van der Waals surface area contributed by atoms with E-state index in [0.29, 0.717) is 10.3 Å². The molecule has 0 fully saturated rings. The van der Waals surface area contributed by atoms with E-state index in [-0.39, 0.29) is 5.69 Å². The van der Waals surface area contributed by atoms with E-state index in [2.05, 4.69) is 41.9 Å². The predicted octanol–water partition coefficient (Wildman–Crippen LogP) is 3.32. The number of nitro groups is 1. The predicted molar refractivity (Wildman–Crippen MR) is 72.9 cm³/mol. The Kier molecular flexibility index (Phi) is 3.49. The number of halogens is 2. The van der Waals surface area contributed by atoms with Crippen LogP contribution in [-0.4, -0.2) is 19.7 Å². The van der Waals surface area contributed by atoms with E-state index < -0.39 is 4.92 Å². The molecule has 0 aliphatic heterocycles. The minimum atomic E-state index is -0.487. The summed E-state index contributed by atoms with van der Waals surface area (Å²) in [6.07, 6.45) is 1.21. The van der Waals surface area contributed by atoms with Gasteiger partial charge in [-0.1, -0.05) is 0 Å². The summed E-state index contributed by atoms with van der Waals surface area (Å²) in [5.74, 6) is 0.520. The molecule has 0 saturated carbocycles. The third-order valence-electron chi connectivity index (χ3n) is 2.42. The normalized spacial score (nSPS) is 10.7. The van der Waals surface area contributed by atoms with Gasteiger partial charge in [0.1, 0.15) is 6.20 Å². The summed E-state index contributed by atoms with van der Waals surface area (Å²) in [4.78, 5) is 14.2. The summed E-state index contributed by atoms with van der Waals surface area (Å²) >= 11 is 6.70. The minimum absolute atomic E-state index is 0.0637. The first kappa shape index (κ1) is 13.2. The summed E-state index contributed by atoms with van der Waals surface area (Å²) in [6, 6.07) is 1.41. The Labute approximate surface area is 119 Å². The Balaban J connectivity index is 2.58. The van der Waals surface area contributed by atoms with Gasteiger partial charge >= 0.3 is 0 Å². The zero-order valence-electron chi connectivity index (χ0n) is 9.52. The topological polar surface area (TPSA) is 73.8 Å². The van der Waals surface area contributed by atoms with Crippen LogP contribution in [0.2, 0.25) is 0 Å². The van der Waals surface area contributed by atoms with Gasteiger partial charge in [-0.2, -0.15) is 5.10 Å². The first-order chi connectivity index (χ1) is 8.41. The average Bonchev–Trinajstić information content (AvgIpc) is 2.57. The molecule has 6 nitrogen and oxygen atoms in total. The highest BCUT2D eigenvalue weighted by molar-refractivity contribution is 9.11. The number of hydrogen-bond acceptors (Lipinski definition) is 4. The molecular formula is C10H8Br2N4O2. The van der Waals surface area contributed by atoms with Gasteiger partial charge in [-0.3, -0.25) is 10.1 Å².